The van der Waals surface area contributed by atoms with E-state index in [0.29, 0.717) is 17.8 Å². The van der Waals surface area contributed by atoms with Crippen LogP contribution < -0.4 is 0 Å². The predicted molar refractivity (Wildman–Crippen MR) is 213 cm³/mol. The van der Waals surface area contributed by atoms with E-state index in [1.165, 1.54) is 12.8 Å². The molecule has 9 aliphatic rings. The molecule has 9 rings (SSSR count). The topological polar surface area (TPSA) is 104 Å². The maximum absolute atomic E-state index is 13.7. The minimum absolute atomic E-state index is 0.0234. The molecule has 11 heteroatoms. The van der Waals surface area contributed by atoms with E-state index >= 15 is 0 Å². The number of hydrogen-bond acceptors (Lipinski definition) is 9. The van der Waals surface area contributed by atoms with Crippen molar-refractivity contribution in [1.82, 2.24) is 19.6 Å². The van der Waals surface area contributed by atoms with Crippen molar-refractivity contribution >= 4 is 12.2 Å². The summed E-state index contributed by atoms with van der Waals surface area (Å²) in [5.74, 6) is 1.73. The second kappa shape index (κ2) is 14.2. The zero-order chi connectivity index (χ0) is 39.4. The van der Waals surface area contributed by atoms with Gasteiger partial charge >= 0.3 is 12.2 Å². The van der Waals surface area contributed by atoms with Gasteiger partial charge in [0.15, 0.2) is 0 Å². The average Bonchev–Trinajstić information content (AvgIpc) is 3.78. The molecule has 9 fully saturated rings. The van der Waals surface area contributed by atoms with Gasteiger partial charge < -0.3 is 33.9 Å². The smallest absolute Gasteiger partial charge is 0.410 e. The van der Waals surface area contributed by atoms with Gasteiger partial charge in [-0.3, -0.25) is 9.80 Å². The van der Waals surface area contributed by atoms with Crippen LogP contribution in [0.2, 0.25) is 0 Å². The fourth-order valence-corrected chi connectivity index (χ4v) is 15.5. The molecule has 0 radical (unpaired) electrons. The molecule has 4 heterocycles. The summed E-state index contributed by atoms with van der Waals surface area (Å²) in [5, 5.41) is 12.7. The fourth-order valence-electron chi connectivity index (χ4n) is 15.5. The summed E-state index contributed by atoms with van der Waals surface area (Å²) in [5.41, 5.74) is 0.117. The Labute approximate surface area is 336 Å². The van der Waals surface area contributed by atoms with E-state index in [1.807, 2.05) is 4.90 Å². The van der Waals surface area contributed by atoms with Crippen LogP contribution in [0, 0.1) is 56.7 Å². The molecule has 5 aliphatic carbocycles. The Kier molecular flexibility index (Phi) is 10.1. The van der Waals surface area contributed by atoms with Crippen molar-refractivity contribution in [2.75, 3.05) is 78.7 Å². The van der Waals surface area contributed by atoms with Crippen LogP contribution in [-0.4, -0.2) is 146 Å². The lowest BCUT2D eigenvalue weighted by Gasteiger charge is -2.63. The van der Waals surface area contributed by atoms with Crippen LogP contribution in [0.15, 0.2) is 0 Å². The molecular formula is C45H74N4O7. The molecule has 2 spiro atoms. The first-order valence-corrected chi connectivity index (χ1v) is 22.9. The number of likely N-dealkylation sites (tertiary alicyclic amines) is 1. The highest BCUT2D eigenvalue weighted by Crippen LogP contribution is 2.89. The molecule has 11 nitrogen and oxygen atoms in total. The molecule has 316 valence electrons. The normalized spacial score (nSPS) is 46.4. The van der Waals surface area contributed by atoms with Gasteiger partial charge in [0.2, 0.25) is 0 Å². The Balaban J connectivity index is 0.860. The molecule has 5 saturated carbocycles. The number of fused-ring (bicyclic) bond motifs is 4. The summed E-state index contributed by atoms with van der Waals surface area (Å²) < 4.78 is 25.3. The van der Waals surface area contributed by atoms with E-state index in [4.69, 9.17) is 18.9 Å². The van der Waals surface area contributed by atoms with Crippen LogP contribution in [0.1, 0.15) is 106 Å². The minimum atomic E-state index is -0.553. The van der Waals surface area contributed by atoms with Crippen molar-refractivity contribution in [3.05, 3.63) is 0 Å². The molecule has 2 amide bonds. The summed E-state index contributed by atoms with van der Waals surface area (Å²) in [6, 6.07) is 0. The molecule has 0 aromatic heterocycles. The van der Waals surface area contributed by atoms with Crippen LogP contribution in [0.5, 0.6) is 0 Å². The van der Waals surface area contributed by atoms with E-state index in [1.54, 1.807) is 4.90 Å². The molecule has 1 N–H and O–H groups in total. The first kappa shape index (κ1) is 39.8. The van der Waals surface area contributed by atoms with Gasteiger partial charge in [0.05, 0.1) is 31.5 Å². The fraction of sp³-hybridized carbons (Fsp3) is 0.956. The van der Waals surface area contributed by atoms with Crippen molar-refractivity contribution in [2.24, 2.45) is 56.7 Å². The summed E-state index contributed by atoms with van der Waals surface area (Å²) in [4.78, 5) is 35.5. The Hall–Kier alpha value is -1.66. The molecule has 0 bridgehead atoms. The first-order chi connectivity index (χ1) is 26.7. The molecule has 13 atom stereocenters. The lowest BCUT2D eigenvalue weighted by Crippen LogP contribution is -2.60. The number of amides is 2. The Morgan fingerprint density at radius 2 is 1.45 bits per heavy atom. The van der Waals surface area contributed by atoms with Gasteiger partial charge in [-0.15, -0.1) is 0 Å². The molecule has 4 saturated heterocycles. The Morgan fingerprint density at radius 3 is 2.11 bits per heavy atom. The van der Waals surface area contributed by atoms with Gasteiger partial charge in [-0.2, -0.15) is 0 Å². The predicted octanol–water partition coefficient (Wildman–Crippen LogP) is 6.12. The number of ether oxygens (including phenoxy) is 4. The number of hydrogen-bond donors (Lipinski definition) is 1. The number of carbonyl (C=O) groups excluding carboxylic acids is 2. The highest BCUT2D eigenvalue weighted by Gasteiger charge is 2.85. The van der Waals surface area contributed by atoms with Gasteiger partial charge in [0, 0.05) is 76.3 Å². The zero-order valence-electron chi connectivity index (χ0n) is 35.8. The van der Waals surface area contributed by atoms with Crippen LogP contribution in [0.25, 0.3) is 0 Å². The lowest BCUT2D eigenvalue weighted by molar-refractivity contribution is -0.185. The summed E-state index contributed by atoms with van der Waals surface area (Å²) in [7, 11) is 0. The largest absolute Gasteiger partial charge is 0.446 e. The van der Waals surface area contributed by atoms with Crippen molar-refractivity contribution < 1.29 is 33.6 Å². The summed E-state index contributed by atoms with van der Waals surface area (Å²) in [6.07, 6.45) is 8.06. The van der Waals surface area contributed by atoms with Crippen LogP contribution >= 0.6 is 0 Å². The number of carbonyl (C=O) groups is 2. The zero-order valence-corrected chi connectivity index (χ0v) is 35.8. The average molecular weight is 783 g/mol. The van der Waals surface area contributed by atoms with Gasteiger partial charge in [0.25, 0.3) is 0 Å². The van der Waals surface area contributed by atoms with E-state index in [9.17, 15) is 14.7 Å². The van der Waals surface area contributed by atoms with E-state index in [-0.39, 0.29) is 75.5 Å². The van der Waals surface area contributed by atoms with Crippen molar-refractivity contribution in [1.29, 1.82) is 0 Å². The molecule has 56 heavy (non-hydrogen) atoms. The maximum Gasteiger partial charge on any atom is 0.410 e. The second-order valence-electron chi connectivity index (χ2n) is 21.6. The SMILES string of the molecule is CC(C)[C@@H](OC(=O)N1CCC1)C1C[C@@H](C)C2C(O1)[C@H](O)[C@@]1(C)C3CC[C@H]4C(C)(C)[C@@H](OC(=O)N5CCN(CCN6CCOCC6)CC5)CCC45CC35CC[C@]21C. The van der Waals surface area contributed by atoms with E-state index in [0.717, 1.165) is 124 Å². The number of morpholine rings is 1. The Bertz CT molecular complexity index is 1490. The standard InChI is InChI=1S/C45H74N4O7/c1-29(2)36(56-40(52)48-15-8-16-48)31-27-30(3)35-37(54-31)38(50)43(7)33-10-9-32-41(4,5)34(11-12-44(32)28-45(33,44)14-13-42(35,43)6)55-39(51)49-21-19-46(20-22-49)17-18-47-23-25-53-26-24-47/h29-38,50H,8-28H2,1-7H3/t30-,31?,32+,33?,34+,35?,36-,37?,38+,42-,43-,44?,45?/m1/s1. The second-order valence-corrected chi connectivity index (χ2v) is 21.6. The number of aliphatic hydroxyl groups excluding tert-OH is 1. The highest BCUT2D eigenvalue weighted by atomic mass is 16.6. The Morgan fingerprint density at radius 1 is 0.804 bits per heavy atom. The first-order valence-electron chi connectivity index (χ1n) is 22.9. The highest BCUT2D eigenvalue weighted by molar-refractivity contribution is 5.69. The number of rotatable bonds is 7. The van der Waals surface area contributed by atoms with E-state index < -0.39 is 6.10 Å². The van der Waals surface area contributed by atoms with Gasteiger partial charge in [-0.05, 0) is 104 Å². The minimum Gasteiger partial charge on any atom is -0.446 e. The molecule has 0 aromatic rings. The van der Waals surface area contributed by atoms with Crippen LogP contribution in [0.3, 0.4) is 0 Å². The molecule has 4 aliphatic heterocycles. The summed E-state index contributed by atoms with van der Waals surface area (Å²) in [6.45, 7) is 27.0. The summed E-state index contributed by atoms with van der Waals surface area (Å²) >= 11 is 0. The van der Waals surface area contributed by atoms with Crippen LogP contribution in [0.4, 0.5) is 9.59 Å². The van der Waals surface area contributed by atoms with Crippen LogP contribution in [-0.2, 0) is 18.9 Å². The van der Waals surface area contributed by atoms with Gasteiger partial charge in [0.1, 0.15) is 12.2 Å². The molecular weight excluding hydrogens is 709 g/mol. The molecule has 0 aromatic carbocycles. The number of aliphatic hydroxyl groups is 1. The van der Waals surface area contributed by atoms with Gasteiger partial charge in [-0.25, -0.2) is 9.59 Å². The van der Waals surface area contributed by atoms with Gasteiger partial charge in [-0.1, -0.05) is 48.5 Å². The van der Waals surface area contributed by atoms with E-state index in [2.05, 4.69) is 58.3 Å². The molecule has 6 unspecified atom stereocenters. The number of nitrogens with zero attached hydrogens (tertiary/aromatic N) is 4. The maximum atomic E-state index is 13.7. The third kappa shape index (κ3) is 5.87. The lowest BCUT2D eigenvalue weighted by atomic mass is 9.41. The van der Waals surface area contributed by atoms with Crippen molar-refractivity contribution in [2.45, 2.75) is 137 Å². The third-order valence-corrected chi connectivity index (χ3v) is 18.8. The monoisotopic (exact) mass is 783 g/mol. The quantitative estimate of drug-likeness (QED) is 0.327. The number of piperazine rings is 1. The van der Waals surface area contributed by atoms with Crippen molar-refractivity contribution in [3.8, 4) is 0 Å². The van der Waals surface area contributed by atoms with Crippen molar-refractivity contribution in [3.63, 3.8) is 0 Å². The third-order valence-electron chi connectivity index (χ3n) is 18.8.